The van der Waals surface area contributed by atoms with Crippen LogP contribution in [0.5, 0.6) is 0 Å². The SMILES string of the molecule is CN1CCC(N(C)C(=O)N2CCN(C(=O)OCc3ccccc3)CC2)CC1. The average Bonchev–Trinajstić information content (AvgIpc) is 2.72. The molecule has 0 atom stereocenters. The number of benzene rings is 1. The summed E-state index contributed by atoms with van der Waals surface area (Å²) in [6.07, 6.45) is 1.73. The molecule has 148 valence electrons. The fourth-order valence-electron chi connectivity index (χ4n) is 3.65. The van der Waals surface area contributed by atoms with Gasteiger partial charge in [0.05, 0.1) is 0 Å². The van der Waals surface area contributed by atoms with Crippen LogP contribution in [0.15, 0.2) is 30.3 Å². The van der Waals surface area contributed by atoms with Crippen LogP contribution in [0.1, 0.15) is 18.4 Å². The lowest BCUT2D eigenvalue weighted by Crippen LogP contribution is -2.56. The molecule has 2 heterocycles. The molecule has 0 unspecified atom stereocenters. The number of amides is 3. The van der Waals surface area contributed by atoms with Crippen molar-refractivity contribution in [1.82, 2.24) is 19.6 Å². The van der Waals surface area contributed by atoms with Crippen molar-refractivity contribution in [3.63, 3.8) is 0 Å². The van der Waals surface area contributed by atoms with Crippen molar-refractivity contribution >= 4 is 12.1 Å². The topological polar surface area (TPSA) is 56.3 Å². The van der Waals surface area contributed by atoms with E-state index in [2.05, 4.69) is 11.9 Å². The number of rotatable bonds is 3. The van der Waals surface area contributed by atoms with Gasteiger partial charge in [-0.2, -0.15) is 0 Å². The highest BCUT2D eigenvalue weighted by molar-refractivity contribution is 5.75. The predicted molar refractivity (Wildman–Crippen MR) is 103 cm³/mol. The third-order valence-electron chi connectivity index (χ3n) is 5.55. The van der Waals surface area contributed by atoms with Crippen molar-refractivity contribution in [3.8, 4) is 0 Å². The Hall–Kier alpha value is -2.28. The fourth-order valence-corrected chi connectivity index (χ4v) is 3.65. The molecule has 0 radical (unpaired) electrons. The molecule has 1 aromatic carbocycles. The minimum absolute atomic E-state index is 0.0712. The Balaban J connectivity index is 1.42. The molecule has 0 saturated carbocycles. The standard InChI is InChI=1S/C20H30N4O3/c1-21-10-8-18(9-11-21)22(2)19(25)23-12-14-24(15-13-23)20(26)27-16-17-6-4-3-5-7-17/h3-7,18H,8-16H2,1-2H3. The van der Waals surface area contributed by atoms with E-state index in [9.17, 15) is 9.59 Å². The van der Waals surface area contributed by atoms with Gasteiger partial charge in [0, 0.05) is 39.3 Å². The number of likely N-dealkylation sites (tertiary alicyclic amines) is 1. The highest BCUT2D eigenvalue weighted by atomic mass is 16.6. The van der Waals surface area contributed by atoms with Gasteiger partial charge in [-0.15, -0.1) is 0 Å². The van der Waals surface area contributed by atoms with Crippen molar-refractivity contribution in [1.29, 1.82) is 0 Å². The molecule has 3 amide bonds. The van der Waals surface area contributed by atoms with Gasteiger partial charge in [0.1, 0.15) is 6.61 Å². The zero-order valence-electron chi connectivity index (χ0n) is 16.3. The number of nitrogens with zero attached hydrogens (tertiary/aromatic N) is 4. The first-order valence-corrected chi connectivity index (χ1v) is 9.70. The molecule has 1 aromatic rings. The number of hydrogen-bond acceptors (Lipinski definition) is 4. The van der Waals surface area contributed by atoms with Crippen LogP contribution in [0, 0.1) is 0 Å². The van der Waals surface area contributed by atoms with E-state index in [0.717, 1.165) is 31.5 Å². The zero-order chi connectivity index (χ0) is 19.2. The first kappa shape index (κ1) is 19.5. The summed E-state index contributed by atoms with van der Waals surface area (Å²) in [4.78, 5) is 32.7. The van der Waals surface area contributed by atoms with Gasteiger partial charge in [-0.1, -0.05) is 30.3 Å². The summed E-state index contributed by atoms with van der Waals surface area (Å²) in [6, 6.07) is 10.0. The molecule has 0 spiro atoms. The quantitative estimate of drug-likeness (QED) is 0.813. The molecule has 2 fully saturated rings. The van der Waals surface area contributed by atoms with Gasteiger partial charge in [0.2, 0.25) is 0 Å². The molecule has 27 heavy (non-hydrogen) atoms. The normalized spacial score (nSPS) is 19.0. The molecule has 2 aliphatic heterocycles. The molecule has 7 heteroatoms. The molecular formula is C20H30N4O3. The van der Waals surface area contributed by atoms with Crippen LogP contribution in [0.3, 0.4) is 0 Å². The van der Waals surface area contributed by atoms with Gasteiger partial charge in [0.25, 0.3) is 0 Å². The number of carbonyl (C=O) groups is 2. The highest BCUT2D eigenvalue weighted by Crippen LogP contribution is 2.17. The van der Waals surface area contributed by atoms with Crippen molar-refractivity contribution < 1.29 is 14.3 Å². The lowest BCUT2D eigenvalue weighted by Gasteiger charge is -2.40. The summed E-state index contributed by atoms with van der Waals surface area (Å²) < 4.78 is 5.38. The van der Waals surface area contributed by atoms with Crippen LogP contribution < -0.4 is 0 Å². The molecular weight excluding hydrogens is 344 g/mol. The number of ether oxygens (including phenoxy) is 1. The maximum atomic E-state index is 12.8. The number of carbonyl (C=O) groups excluding carboxylic acids is 2. The molecule has 7 nitrogen and oxygen atoms in total. The van der Waals surface area contributed by atoms with Crippen molar-refractivity contribution in [2.24, 2.45) is 0 Å². The van der Waals surface area contributed by atoms with E-state index in [-0.39, 0.29) is 18.7 Å². The smallest absolute Gasteiger partial charge is 0.410 e. The Morgan fingerprint density at radius 3 is 2.22 bits per heavy atom. The predicted octanol–water partition coefficient (Wildman–Crippen LogP) is 2.09. The fraction of sp³-hybridized carbons (Fsp3) is 0.600. The van der Waals surface area contributed by atoms with Gasteiger partial charge < -0.3 is 24.3 Å². The first-order chi connectivity index (χ1) is 13.0. The second-order valence-electron chi connectivity index (χ2n) is 7.44. The monoisotopic (exact) mass is 374 g/mol. The summed E-state index contributed by atoms with van der Waals surface area (Å²) in [5, 5.41) is 0. The van der Waals surface area contributed by atoms with Gasteiger partial charge in [-0.25, -0.2) is 9.59 Å². The lowest BCUT2D eigenvalue weighted by molar-refractivity contribution is 0.0674. The van der Waals surface area contributed by atoms with E-state index in [1.54, 1.807) is 4.90 Å². The maximum Gasteiger partial charge on any atom is 0.410 e. The summed E-state index contributed by atoms with van der Waals surface area (Å²) in [7, 11) is 4.02. The Morgan fingerprint density at radius 1 is 1.00 bits per heavy atom. The van der Waals surface area contributed by atoms with Gasteiger partial charge in [-0.3, -0.25) is 0 Å². The Kier molecular flexibility index (Phi) is 6.55. The summed E-state index contributed by atoms with van der Waals surface area (Å²) in [5.74, 6) is 0. The van der Waals surface area contributed by atoms with E-state index < -0.39 is 0 Å². The molecule has 0 aromatic heterocycles. The van der Waals surface area contributed by atoms with E-state index >= 15 is 0 Å². The third kappa shape index (κ3) is 5.13. The number of piperazine rings is 1. The van der Waals surface area contributed by atoms with E-state index in [0.29, 0.717) is 32.2 Å². The molecule has 2 saturated heterocycles. The van der Waals surface area contributed by atoms with Crippen molar-refractivity contribution in [3.05, 3.63) is 35.9 Å². The van der Waals surface area contributed by atoms with Gasteiger partial charge in [0.15, 0.2) is 0 Å². The summed E-state index contributed by atoms with van der Waals surface area (Å²) in [5.41, 5.74) is 0.972. The van der Waals surface area contributed by atoms with Crippen LogP contribution >= 0.6 is 0 Å². The van der Waals surface area contributed by atoms with E-state index in [4.69, 9.17) is 4.74 Å². The Bertz CT molecular complexity index is 623. The molecule has 2 aliphatic rings. The third-order valence-corrected chi connectivity index (χ3v) is 5.55. The minimum atomic E-state index is -0.311. The van der Waals surface area contributed by atoms with Gasteiger partial charge in [-0.05, 0) is 38.5 Å². The van der Waals surface area contributed by atoms with Crippen molar-refractivity contribution in [2.75, 3.05) is 53.4 Å². The number of piperidine rings is 1. The summed E-state index contributed by atoms with van der Waals surface area (Å²) >= 11 is 0. The summed E-state index contributed by atoms with van der Waals surface area (Å²) in [6.45, 7) is 4.47. The zero-order valence-corrected chi connectivity index (χ0v) is 16.3. The number of urea groups is 1. The van der Waals surface area contributed by atoms with E-state index in [1.165, 1.54) is 0 Å². The van der Waals surface area contributed by atoms with Crippen LogP contribution in [-0.2, 0) is 11.3 Å². The van der Waals surface area contributed by atoms with Crippen molar-refractivity contribution in [2.45, 2.75) is 25.5 Å². The molecule has 0 N–H and O–H groups in total. The molecule has 0 aliphatic carbocycles. The molecule has 0 bridgehead atoms. The minimum Gasteiger partial charge on any atom is -0.445 e. The second kappa shape index (κ2) is 9.08. The van der Waals surface area contributed by atoms with Crippen LogP contribution in [0.2, 0.25) is 0 Å². The Morgan fingerprint density at radius 2 is 1.59 bits per heavy atom. The second-order valence-corrected chi connectivity index (χ2v) is 7.44. The lowest BCUT2D eigenvalue weighted by atomic mass is 10.0. The highest BCUT2D eigenvalue weighted by Gasteiger charge is 2.30. The molecule has 3 rings (SSSR count). The Labute approximate surface area is 161 Å². The maximum absolute atomic E-state index is 12.8. The first-order valence-electron chi connectivity index (χ1n) is 9.70. The van der Waals surface area contributed by atoms with Crippen LogP contribution in [-0.4, -0.2) is 91.1 Å². The van der Waals surface area contributed by atoms with Gasteiger partial charge >= 0.3 is 12.1 Å². The van der Waals surface area contributed by atoms with E-state index in [1.807, 2.05) is 47.2 Å². The largest absolute Gasteiger partial charge is 0.445 e. The van der Waals surface area contributed by atoms with Crippen LogP contribution in [0.4, 0.5) is 9.59 Å². The number of hydrogen-bond donors (Lipinski definition) is 0. The average molecular weight is 374 g/mol. The van der Waals surface area contributed by atoms with Crippen LogP contribution in [0.25, 0.3) is 0 Å².